The van der Waals surface area contributed by atoms with Gasteiger partial charge in [0.1, 0.15) is 18.2 Å². The number of hydrogen-bond donors (Lipinski definition) is 2. The summed E-state index contributed by atoms with van der Waals surface area (Å²) in [4.78, 5) is 7.94. The molecule has 3 aromatic carbocycles. The number of ether oxygens (including phenoxy) is 3. The van der Waals surface area contributed by atoms with Crippen molar-refractivity contribution >= 4 is 16.7 Å². The summed E-state index contributed by atoms with van der Waals surface area (Å²) in [5.74, 6) is 2.82. The average Bonchev–Trinajstić information content (AvgIpc) is 3.31. The molecule has 1 aliphatic rings. The highest BCUT2D eigenvalue weighted by atomic mass is 16.7. The molecule has 134 valence electrons. The van der Waals surface area contributed by atoms with Gasteiger partial charge in [-0.1, -0.05) is 30.3 Å². The van der Waals surface area contributed by atoms with Crippen molar-refractivity contribution in [2.75, 3.05) is 12.5 Å². The fraction of sp³-hybridized carbons (Fsp3) is 0.0952. The Morgan fingerprint density at radius 3 is 2.63 bits per heavy atom. The standard InChI is InChI=1S/C21H17N3O3/c22-15-8-14(6-7-18(15)25-11-13-4-2-1-3-5-13)21-23-16-9-19-20(27-12-26-19)10-17(16)24-21/h1-10H,11-12,22H2,(H,23,24). The number of benzene rings is 3. The van der Waals surface area contributed by atoms with Crippen LogP contribution >= 0.6 is 0 Å². The number of nitrogen functional groups attached to an aromatic ring is 1. The van der Waals surface area contributed by atoms with Gasteiger partial charge in [-0.3, -0.25) is 0 Å². The Bertz CT molecular complexity index is 1080. The van der Waals surface area contributed by atoms with Gasteiger partial charge in [-0.15, -0.1) is 0 Å². The zero-order chi connectivity index (χ0) is 18.2. The highest BCUT2D eigenvalue weighted by Crippen LogP contribution is 2.36. The molecule has 0 atom stereocenters. The van der Waals surface area contributed by atoms with Crippen molar-refractivity contribution in [1.82, 2.24) is 9.97 Å². The van der Waals surface area contributed by atoms with Crippen molar-refractivity contribution in [2.45, 2.75) is 6.61 Å². The lowest BCUT2D eigenvalue weighted by atomic mass is 10.2. The smallest absolute Gasteiger partial charge is 0.231 e. The number of H-pyrrole nitrogens is 1. The molecule has 4 aromatic rings. The van der Waals surface area contributed by atoms with Crippen LogP contribution in [-0.2, 0) is 6.61 Å². The zero-order valence-corrected chi connectivity index (χ0v) is 14.4. The number of nitrogens with one attached hydrogen (secondary N) is 1. The molecule has 0 saturated carbocycles. The van der Waals surface area contributed by atoms with Gasteiger partial charge in [0.05, 0.1) is 16.7 Å². The van der Waals surface area contributed by atoms with Crippen molar-refractivity contribution in [3.63, 3.8) is 0 Å². The van der Waals surface area contributed by atoms with Crippen molar-refractivity contribution in [2.24, 2.45) is 0 Å². The zero-order valence-electron chi connectivity index (χ0n) is 14.4. The van der Waals surface area contributed by atoms with Gasteiger partial charge in [-0.05, 0) is 23.8 Å². The fourth-order valence-corrected chi connectivity index (χ4v) is 3.10. The average molecular weight is 359 g/mol. The molecule has 27 heavy (non-hydrogen) atoms. The molecule has 0 fully saturated rings. The molecule has 2 heterocycles. The summed E-state index contributed by atoms with van der Waals surface area (Å²) in [5.41, 5.74) is 10.4. The van der Waals surface area contributed by atoms with E-state index in [-0.39, 0.29) is 6.79 Å². The predicted molar refractivity (Wildman–Crippen MR) is 103 cm³/mol. The molecule has 0 aliphatic carbocycles. The van der Waals surface area contributed by atoms with E-state index in [1.54, 1.807) is 0 Å². The second-order valence-electron chi connectivity index (χ2n) is 6.33. The van der Waals surface area contributed by atoms with Crippen LogP contribution in [0.4, 0.5) is 5.69 Å². The number of imidazole rings is 1. The van der Waals surface area contributed by atoms with E-state index in [2.05, 4.69) is 9.97 Å². The highest BCUT2D eigenvalue weighted by Gasteiger charge is 2.17. The Labute approximate surface area is 155 Å². The minimum Gasteiger partial charge on any atom is -0.487 e. The van der Waals surface area contributed by atoms with Gasteiger partial charge in [0, 0.05) is 17.7 Å². The predicted octanol–water partition coefficient (Wildman–Crippen LogP) is 4.12. The van der Waals surface area contributed by atoms with E-state index in [0.29, 0.717) is 23.8 Å². The van der Waals surface area contributed by atoms with Crippen LogP contribution in [0, 0.1) is 0 Å². The minimum atomic E-state index is 0.246. The molecule has 0 unspecified atom stereocenters. The number of anilines is 1. The van der Waals surface area contributed by atoms with Gasteiger partial charge in [-0.25, -0.2) is 4.98 Å². The quantitative estimate of drug-likeness (QED) is 0.536. The van der Waals surface area contributed by atoms with E-state index in [9.17, 15) is 0 Å². The van der Waals surface area contributed by atoms with Crippen LogP contribution in [0.5, 0.6) is 17.2 Å². The Morgan fingerprint density at radius 1 is 1.00 bits per heavy atom. The second kappa shape index (κ2) is 6.25. The molecule has 3 N–H and O–H groups in total. The summed E-state index contributed by atoms with van der Waals surface area (Å²) < 4.78 is 16.7. The van der Waals surface area contributed by atoms with Gasteiger partial charge in [0.15, 0.2) is 11.5 Å². The SMILES string of the molecule is Nc1cc(-c2nc3cc4c(cc3[nH]2)OCO4)ccc1OCc1ccccc1. The molecule has 1 aliphatic heterocycles. The normalized spacial score (nSPS) is 12.4. The number of hydrogen-bond acceptors (Lipinski definition) is 5. The van der Waals surface area contributed by atoms with Crippen LogP contribution in [-0.4, -0.2) is 16.8 Å². The summed E-state index contributed by atoms with van der Waals surface area (Å²) >= 11 is 0. The van der Waals surface area contributed by atoms with Crippen LogP contribution in [0.25, 0.3) is 22.4 Å². The lowest BCUT2D eigenvalue weighted by Crippen LogP contribution is -1.99. The number of aromatic nitrogens is 2. The molecular formula is C21H17N3O3. The van der Waals surface area contributed by atoms with E-state index < -0.39 is 0 Å². The third-order valence-corrected chi connectivity index (χ3v) is 4.50. The highest BCUT2D eigenvalue weighted by molar-refractivity contribution is 5.83. The third-order valence-electron chi connectivity index (χ3n) is 4.50. The van der Waals surface area contributed by atoms with E-state index in [0.717, 1.165) is 33.7 Å². The number of rotatable bonds is 4. The topological polar surface area (TPSA) is 82.4 Å². The van der Waals surface area contributed by atoms with Crippen molar-refractivity contribution in [3.8, 4) is 28.6 Å². The Morgan fingerprint density at radius 2 is 1.81 bits per heavy atom. The first-order valence-electron chi connectivity index (χ1n) is 8.62. The number of nitrogens with two attached hydrogens (primary N) is 1. The molecule has 0 bridgehead atoms. The van der Waals surface area contributed by atoms with E-state index in [1.807, 2.05) is 60.7 Å². The lowest BCUT2D eigenvalue weighted by molar-refractivity contribution is 0.174. The second-order valence-corrected chi connectivity index (χ2v) is 6.33. The number of fused-ring (bicyclic) bond motifs is 2. The molecule has 6 heteroatoms. The molecule has 0 amide bonds. The number of aromatic amines is 1. The molecule has 1 aromatic heterocycles. The van der Waals surface area contributed by atoms with Gasteiger partial charge in [0.25, 0.3) is 0 Å². The van der Waals surface area contributed by atoms with Gasteiger partial charge in [-0.2, -0.15) is 0 Å². The van der Waals surface area contributed by atoms with Gasteiger partial charge in [0.2, 0.25) is 6.79 Å². The monoisotopic (exact) mass is 359 g/mol. The first-order valence-corrected chi connectivity index (χ1v) is 8.62. The molecular weight excluding hydrogens is 342 g/mol. The largest absolute Gasteiger partial charge is 0.487 e. The van der Waals surface area contributed by atoms with Crippen molar-refractivity contribution in [3.05, 3.63) is 66.2 Å². The van der Waals surface area contributed by atoms with Crippen LogP contribution in [0.1, 0.15) is 5.56 Å². The Kier molecular flexibility index (Phi) is 3.60. The molecule has 6 nitrogen and oxygen atoms in total. The summed E-state index contributed by atoms with van der Waals surface area (Å²) in [5, 5.41) is 0. The van der Waals surface area contributed by atoms with Gasteiger partial charge >= 0.3 is 0 Å². The van der Waals surface area contributed by atoms with Crippen LogP contribution in [0.2, 0.25) is 0 Å². The Balaban J connectivity index is 1.40. The van der Waals surface area contributed by atoms with E-state index in [4.69, 9.17) is 19.9 Å². The summed E-state index contributed by atoms with van der Waals surface area (Å²) in [6.07, 6.45) is 0. The maximum absolute atomic E-state index is 6.19. The summed E-state index contributed by atoms with van der Waals surface area (Å²) in [6, 6.07) is 19.4. The molecule has 0 radical (unpaired) electrons. The Hall–Kier alpha value is -3.67. The molecule has 5 rings (SSSR count). The third kappa shape index (κ3) is 2.91. The van der Waals surface area contributed by atoms with Crippen molar-refractivity contribution < 1.29 is 14.2 Å². The van der Waals surface area contributed by atoms with Crippen LogP contribution in [0.15, 0.2) is 60.7 Å². The lowest BCUT2D eigenvalue weighted by Gasteiger charge is -2.10. The minimum absolute atomic E-state index is 0.246. The molecule has 0 saturated heterocycles. The fourth-order valence-electron chi connectivity index (χ4n) is 3.10. The van der Waals surface area contributed by atoms with Crippen molar-refractivity contribution in [1.29, 1.82) is 0 Å². The summed E-state index contributed by atoms with van der Waals surface area (Å²) in [6.45, 7) is 0.719. The van der Waals surface area contributed by atoms with Gasteiger partial charge < -0.3 is 24.9 Å². The first-order chi connectivity index (χ1) is 13.3. The molecule has 0 spiro atoms. The summed E-state index contributed by atoms with van der Waals surface area (Å²) in [7, 11) is 0. The van der Waals surface area contributed by atoms with E-state index >= 15 is 0 Å². The maximum atomic E-state index is 6.19. The first kappa shape index (κ1) is 15.6. The van der Waals surface area contributed by atoms with Crippen LogP contribution < -0.4 is 19.9 Å². The van der Waals surface area contributed by atoms with Crippen LogP contribution in [0.3, 0.4) is 0 Å². The van der Waals surface area contributed by atoms with E-state index in [1.165, 1.54) is 0 Å². The number of nitrogens with zero attached hydrogens (tertiary/aromatic N) is 1. The maximum Gasteiger partial charge on any atom is 0.231 e.